The molecule has 0 aliphatic carbocycles. The molecule has 0 atom stereocenters. The van der Waals surface area contributed by atoms with E-state index < -0.39 is 17.4 Å². The Morgan fingerprint density at radius 2 is 0.574 bits per heavy atom. The number of hydrogen-bond acceptors (Lipinski definition) is 6. The van der Waals surface area contributed by atoms with Gasteiger partial charge in [0.25, 0.3) is 0 Å². The molecule has 0 spiro atoms. The monoisotopic (exact) mass is 763 g/mol. The summed E-state index contributed by atoms with van der Waals surface area (Å²) in [5.41, 5.74) is -1.89. The number of rotatable bonds is 42. The van der Waals surface area contributed by atoms with E-state index in [0.717, 1.165) is 77.0 Å². The van der Waals surface area contributed by atoms with E-state index in [2.05, 4.69) is 27.7 Å². The molecule has 0 heterocycles. The molecule has 0 aliphatic rings. The summed E-state index contributed by atoms with van der Waals surface area (Å²) in [5, 5.41) is 0. The number of unbranched alkanes of at least 4 members (excludes halogenated alkanes) is 31. The molecule has 0 amide bonds. The van der Waals surface area contributed by atoms with E-state index in [9.17, 15) is 19.2 Å². The second-order valence-corrected chi connectivity index (χ2v) is 16.5. The molecule has 6 heteroatoms. The highest BCUT2D eigenvalue weighted by molar-refractivity contribution is 6.22. The van der Waals surface area contributed by atoms with E-state index in [1.54, 1.807) is 0 Å². The minimum atomic E-state index is -1.89. The van der Waals surface area contributed by atoms with E-state index in [4.69, 9.17) is 9.78 Å². The summed E-state index contributed by atoms with van der Waals surface area (Å²) in [4.78, 5) is 65.3. The number of carbonyl (C=O) groups is 4. The molecule has 0 aliphatic heterocycles. The number of carbonyl (C=O) groups excluding carboxylic acids is 4. The van der Waals surface area contributed by atoms with Crippen LogP contribution < -0.4 is 0 Å². The van der Waals surface area contributed by atoms with Gasteiger partial charge in [-0.05, 0) is 25.7 Å². The van der Waals surface area contributed by atoms with Gasteiger partial charge in [-0.25, -0.2) is 19.4 Å². The van der Waals surface area contributed by atoms with Crippen LogP contribution in [0.15, 0.2) is 0 Å². The van der Waals surface area contributed by atoms with Crippen LogP contribution in [0.1, 0.15) is 278 Å². The third-order valence-electron chi connectivity index (χ3n) is 11.4. The van der Waals surface area contributed by atoms with Crippen molar-refractivity contribution >= 4 is 23.5 Å². The summed E-state index contributed by atoms with van der Waals surface area (Å²) in [6.45, 7) is 8.89. The highest BCUT2D eigenvalue weighted by atomic mass is 17.2. The first-order valence-electron chi connectivity index (χ1n) is 23.9. The van der Waals surface area contributed by atoms with Gasteiger partial charge in [-0.2, -0.15) is 0 Å². The summed E-state index contributed by atoms with van der Waals surface area (Å²) in [7, 11) is 0. The molecule has 0 saturated heterocycles. The molecule has 6 nitrogen and oxygen atoms in total. The largest absolute Gasteiger partial charge is 0.376 e. The molecule has 54 heavy (non-hydrogen) atoms. The highest BCUT2D eigenvalue weighted by Crippen LogP contribution is 2.35. The molecular weight excluding hydrogens is 673 g/mol. The van der Waals surface area contributed by atoms with E-state index in [0.29, 0.717) is 25.7 Å². The Morgan fingerprint density at radius 1 is 0.315 bits per heavy atom. The van der Waals surface area contributed by atoms with Crippen LogP contribution in [0.2, 0.25) is 0 Å². The molecule has 0 fully saturated rings. The molecule has 318 valence electrons. The quantitative estimate of drug-likeness (QED) is 0.0266. The van der Waals surface area contributed by atoms with Crippen LogP contribution in [-0.2, 0) is 29.0 Å². The number of ketones is 2. The highest BCUT2D eigenvalue weighted by Gasteiger charge is 2.53. The van der Waals surface area contributed by atoms with Gasteiger partial charge in [0.05, 0.1) is 6.42 Å². The predicted molar refractivity (Wildman–Crippen MR) is 227 cm³/mol. The summed E-state index contributed by atoms with van der Waals surface area (Å²) >= 11 is 0. The van der Waals surface area contributed by atoms with Crippen LogP contribution in [0.25, 0.3) is 0 Å². The lowest BCUT2D eigenvalue weighted by molar-refractivity contribution is -0.265. The Hall–Kier alpha value is -1.72. The lowest BCUT2D eigenvalue weighted by Crippen LogP contribution is -2.47. The lowest BCUT2D eigenvalue weighted by Gasteiger charge is -2.28. The topological polar surface area (TPSA) is 86.7 Å². The molecule has 0 unspecified atom stereocenters. The second-order valence-electron chi connectivity index (χ2n) is 16.5. The van der Waals surface area contributed by atoms with Gasteiger partial charge >= 0.3 is 11.9 Å². The smallest absolute Gasteiger partial charge is 0.298 e. The van der Waals surface area contributed by atoms with Gasteiger partial charge in [-0.1, -0.05) is 233 Å². The maximum absolute atomic E-state index is 14.2. The minimum Gasteiger partial charge on any atom is -0.298 e. The molecular formula is C48H90O6. The van der Waals surface area contributed by atoms with E-state index in [1.807, 2.05) is 0 Å². The summed E-state index contributed by atoms with van der Waals surface area (Å²) < 4.78 is 0. The van der Waals surface area contributed by atoms with Gasteiger partial charge in [-0.3, -0.25) is 9.59 Å². The fraction of sp³-hybridized carbons (Fsp3) is 0.917. The first-order chi connectivity index (χ1) is 26.4. The van der Waals surface area contributed by atoms with Crippen molar-refractivity contribution < 1.29 is 29.0 Å². The third kappa shape index (κ3) is 28.7. The first kappa shape index (κ1) is 52.3. The summed E-state index contributed by atoms with van der Waals surface area (Å²) in [5.74, 6) is -2.25. The molecule has 0 aromatic rings. The van der Waals surface area contributed by atoms with Gasteiger partial charge in [0, 0.05) is 12.8 Å². The SMILES string of the molecule is CCCCCCCCCCCC(=O)OOC(=O)C(CCCCCCCCCC)(C(=O)CCCCCCCCCCC)C(=O)CCCCCCCCCCC. The average Bonchev–Trinajstić information content (AvgIpc) is 3.17. The third-order valence-corrected chi connectivity index (χ3v) is 11.4. The van der Waals surface area contributed by atoms with Gasteiger partial charge in [0.15, 0.2) is 17.0 Å². The maximum Gasteiger partial charge on any atom is 0.376 e. The Kier molecular flexibility index (Phi) is 38.3. The van der Waals surface area contributed by atoms with Gasteiger partial charge < -0.3 is 0 Å². The van der Waals surface area contributed by atoms with Gasteiger partial charge in [0.2, 0.25) is 0 Å². The van der Waals surface area contributed by atoms with E-state index in [-0.39, 0.29) is 37.2 Å². The zero-order chi connectivity index (χ0) is 39.8. The van der Waals surface area contributed by atoms with Crippen molar-refractivity contribution in [2.75, 3.05) is 0 Å². The van der Waals surface area contributed by atoms with Crippen molar-refractivity contribution in [3.05, 3.63) is 0 Å². The van der Waals surface area contributed by atoms with Crippen molar-refractivity contribution in [2.45, 2.75) is 278 Å². The molecule has 0 N–H and O–H groups in total. The number of hydrogen-bond donors (Lipinski definition) is 0. The Bertz CT molecular complexity index is 848. The Labute approximate surface area is 335 Å². The van der Waals surface area contributed by atoms with Gasteiger partial charge in [-0.15, -0.1) is 0 Å². The molecule has 0 aromatic heterocycles. The number of Topliss-reactive ketones (excluding diaryl/α,β-unsaturated/α-hetero) is 2. The van der Waals surface area contributed by atoms with Crippen LogP contribution in [0, 0.1) is 5.41 Å². The fourth-order valence-corrected chi connectivity index (χ4v) is 7.68. The van der Waals surface area contributed by atoms with Crippen LogP contribution in [0.5, 0.6) is 0 Å². The van der Waals surface area contributed by atoms with E-state index >= 15 is 0 Å². The van der Waals surface area contributed by atoms with Crippen molar-refractivity contribution in [2.24, 2.45) is 5.41 Å². The fourth-order valence-electron chi connectivity index (χ4n) is 7.68. The van der Waals surface area contributed by atoms with Crippen molar-refractivity contribution in [1.82, 2.24) is 0 Å². The normalized spacial score (nSPS) is 11.6. The summed E-state index contributed by atoms with van der Waals surface area (Å²) in [6.07, 6.45) is 39.3. The predicted octanol–water partition coefficient (Wildman–Crippen LogP) is 15.4. The lowest BCUT2D eigenvalue weighted by atomic mass is 9.72. The van der Waals surface area contributed by atoms with E-state index in [1.165, 1.54) is 122 Å². The molecule has 0 aromatic carbocycles. The van der Waals surface area contributed by atoms with Crippen LogP contribution in [-0.4, -0.2) is 23.5 Å². The zero-order valence-electron chi connectivity index (χ0n) is 36.5. The molecule has 0 saturated carbocycles. The van der Waals surface area contributed by atoms with Crippen molar-refractivity contribution in [1.29, 1.82) is 0 Å². The van der Waals surface area contributed by atoms with Crippen molar-refractivity contribution in [3.63, 3.8) is 0 Å². The summed E-state index contributed by atoms with van der Waals surface area (Å²) in [6, 6.07) is 0. The minimum absolute atomic E-state index is 0.142. The first-order valence-corrected chi connectivity index (χ1v) is 23.9. The van der Waals surface area contributed by atoms with Gasteiger partial charge in [0.1, 0.15) is 0 Å². The molecule has 0 rings (SSSR count). The molecule has 0 radical (unpaired) electrons. The Morgan fingerprint density at radius 3 is 0.889 bits per heavy atom. The Balaban J connectivity index is 5.50. The van der Waals surface area contributed by atoms with Crippen molar-refractivity contribution in [3.8, 4) is 0 Å². The van der Waals surface area contributed by atoms with Crippen LogP contribution in [0.3, 0.4) is 0 Å². The maximum atomic E-state index is 14.2. The average molecular weight is 763 g/mol. The zero-order valence-corrected chi connectivity index (χ0v) is 36.5. The standard InChI is InChI=1S/C48H90O6/c1-5-9-13-17-21-25-28-32-36-40-44(49)48(43-39-35-31-24-20-16-12-8-4,45(50)41-37-33-29-26-22-18-14-10-6-2)47(52)54-53-46(51)42-38-34-30-27-23-19-15-11-7-3/h5-43H2,1-4H3. The molecule has 0 bridgehead atoms. The van der Waals surface area contributed by atoms with Crippen LogP contribution in [0.4, 0.5) is 0 Å². The second kappa shape index (κ2) is 39.5. The van der Waals surface area contributed by atoms with Crippen LogP contribution >= 0.6 is 0 Å².